The maximum absolute atomic E-state index is 12.7. The Balaban J connectivity index is 1.67. The van der Waals surface area contributed by atoms with Crippen LogP contribution < -0.4 is 5.32 Å². The maximum atomic E-state index is 12.7. The Bertz CT molecular complexity index is 602. The van der Waals surface area contributed by atoms with E-state index in [-0.39, 0.29) is 17.9 Å². The lowest BCUT2D eigenvalue weighted by molar-refractivity contribution is -0.140. The number of fused-ring (bicyclic) bond motifs is 1. The Labute approximate surface area is 143 Å². The summed E-state index contributed by atoms with van der Waals surface area (Å²) in [6.45, 7) is 4.93. The van der Waals surface area contributed by atoms with Gasteiger partial charge >= 0.3 is 0 Å². The van der Waals surface area contributed by atoms with Crippen molar-refractivity contribution in [1.29, 1.82) is 0 Å². The zero-order valence-electron chi connectivity index (χ0n) is 14.5. The van der Waals surface area contributed by atoms with Crippen molar-refractivity contribution in [2.24, 2.45) is 5.92 Å². The summed E-state index contributed by atoms with van der Waals surface area (Å²) in [5.41, 5.74) is 1.56. The highest BCUT2D eigenvalue weighted by Gasteiger charge is 2.40. The molecule has 24 heavy (non-hydrogen) atoms. The number of likely N-dealkylation sites (tertiary alicyclic amines) is 2. The first-order chi connectivity index (χ1) is 11.6. The molecule has 2 atom stereocenters. The number of aromatic nitrogens is 1. The summed E-state index contributed by atoms with van der Waals surface area (Å²) in [4.78, 5) is 33.1. The van der Waals surface area contributed by atoms with E-state index in [2.05, 4.69) is 10.3 Å². The van der Waals surface area contributed by atoms with E-state index in [4.69, 9.17) is 0 Å². The van der Waals surface area contributed by atoms with Crippen LogP contribution >= 0.6 is 0 Å². The molecule has 6 nitrogen and oxygen atoms in total. The van der Waals surface area contributed by atoms with Crippen molar-refractivity contribution >= 4 is 11.8 Å². The van der Waals surface area contributed by atoms with Crippen LogP contribution in [0.4, 0.5) is 0 Å². The first-order valence-electron chi connectivity index (χ1n) is 8.76. The number of carbonyl (C=O) groups excluding carboxylic acids is 2. The molecule has 2 saturated heterocycles. The lowest BCUT2D eigenvalue weighted by Crippen LogP contribution is -2.57. The van der Waals surface area contributed by atoms with Gasteiger partial charge < -0.3 is 15.1 Å². The molecule has 0 saturated carbocycles. The van der Waals surface area contributed by atoms with Gasteiger partial charge in [0.15, 0.2) is 0 Å². The second kappa shape index (κ2) is 7.30. The van der Waals surface area contributed by atoms with Crippen LogP contribution in [0.1, 0.15) is 35.3 Å². The largest absolute Gasteiger partial charge is 0.338 e. The van der Waals surface area contributed by atoms with E-state index >= 15 is 0 Å². The molecule has 6 heteroatoms. The second-order valence-electron chi connectivity index (χ2n) is 6.78. The summed E-state index contributed by atoms with van der Waals surface area (Å²) in [5, 5.41) is 3.12. The number of hydrogen-bond acceptors (Lipinski definition) is 4. The van der Waals surface area contributed by atoms with E-state index in [9.17, 15) is 9.59 Å². The highest BCUT2D eigenvalue weighted by atomic mass is 16.2. The molecular weight excluding hydrogens is 304 g/mol. The van der Waals surface area contributed by atoms with Gasteiger partial charge in [0.1, 0.15) is 0 Å². The van der Waals surface area contributed by atoms with Crippen molar-refractivity contribution in [1.82, 2.24) is 20.1 Å². The monoisotopic (exact) mass is 330 g/mol. The molecule has 130 valence electrons. The van der Waals surface area contributed by atoms with Gasteiger partial charge in [-0.25, -0.2) is 0 Å². The molecule has 0 radical (unpaired) electrons. The molecular formula is C18H26N4O2. The van der Waals surface area contributed by atoms with Crippen molar-refractivity contribution in [3.8, 4) is 0 Å². The first-order valence-corrected chi connectivity index (χ1v) is 8.76. The molecule has 0 aliphatic carbocycles. The SMILES string of the molecule is CNCCN1C(=O)CC[C@H]2CN(C(=O)c3ccc(C)nc3)CC[C@H]21. The Morgan fingerprint density at radius 3 is 2.92 bits per heavy atom. The van der Waals surface area contributed by atoms with E-state index in [0.29, 0.717) is 24.4 Å². The van der Waals surface area contributed by atoms with Crippen molar-refractivity contribution in [2.45, 2.75) is 32.2 Å². The first kappa shape index (κ1) is 16.9. The van der Waals surface area contributed by atoms with Gasteiger partial charge in [-0.05, 0) is 44.9 Å². The molecule has 1 N–H and O–H groups in total. The average Bonchev–Trinajstić information content (AvgIpc) is 2.60. The second-order valence-corrected chi connectivity index (χ2v) is 6.78. The standard InChI is InChI=1S/C18H26N4O2/c1-13-3-4-14(11-20-13)18(24)21-9-7-16-15(12-21)5-6-17(23)22(16)10-8-19-2/h3-4,11,15-16,19H,5-10,12H2,1-2H3/t15-,16+/m0/s1. The lowest BCUT2D eigenvalue weighted by Gasteiger charge is -2.47. The van der Waals surface area contributed by atoms with Crippen LogP contribution in [0.15, 0.2) is 18.3 Å². The molecule has 3 heterocycles. The lowest BCUT2D eigenvalue weighted by atomic mass is 9.83. The van der Waals surface area contributed by atoms with E-state index in [1.807, 2.05) is 35.9 Å². The van der Waals surface area contributed by atoms with E-state index in [0.717, 1.165) is 38.2 Å². The number of hydrogen-bond donors (Lipinski definition) is 1. The van der Waals surface area contributed by atoms with E-state index < -0.39 is 0 Å². The fraction of sp³-hybridized carbons (Fsp3) is 0.611. The zero-order chi connectivity index (χ0) is 17.1. The number of pyridine rings is 1. The van der Waals surface area contributed by atoms with Gasteiger partial charge in [-0.3, -0.25) is 14.6 Å². The van der Waals surface area contributed by atoms with Crippen molar-refractivity contribution in [2.75, 3.05) is 33.2 Å². The van der Waals surface area contributed by atoms with Gasteiger partial charge in [0.25, 0.3) is 5.91 Å². The van der Waals surface area contributed by atoms with E-state index in [1.165, 1.54) is 0 Å². The predicted octanol–water partition coefficient (Wildman–Crippen LogP) is 1.06. The maximum Gasteiger partial charge on any atom is 0.255 e. The summed E-state index contributed by atoms with van der Waals surface area (Å²) >= 11 is 0. The Morgan fingerprint density at radius 1 is 1.38 bits per heavy atom. The molecule has 0 bridgehead atoms. The molecule has 0 spiro atoms. The number of carbonyl (C=O) groups is 2. The van der Waals surface area contributed by atoms with Gasteiger partial charge in [0, 0.05) is 50.5 Å². The number of piperidine rings is 2. The Hall–Kier alpha value is -1.95. The average molecular weight is 330 g/mol. The van der Waals surface area contributed by atoms with Crippen LogP contribution in [0.25, 0.3) is 0 Å². The van der Waals surface area contributed by atoms with Crippen molar-refractivity contribution in [3.05, 3.63) is 29.6 Å². The Morgan fingerprint density at radius 2 is 2.21 bits per heavy atom. The quantitative estimate of drug-likeness (QED) is 0.897. The van der Waals surface area contributed by atoms with Gasteiger partial charge in [-0.1, -0.05) is 0 Å². The van der Waals surface area contributed by atoms with Crippen molar-refractivity contribution in [3.63, 3.8) is 0 Å². The number of rotatable bonds is 4. The molecule has 2 amide bonds. The van der Waals surface area contributed by atoms with Crippen LogP contribution in [0.2, 0.25) is 0 Å². The zero-order valence-corrected chi connectivity index (χ0v) is 14.5. The number of amides is 2. The highest BCUT2D eigenvalue weighted by Crippen LogP contribution is 2.31. The van der Waals surface area contributed by atoms with Gasteiger partial charge in [-0.2, -0.15) is 0 Å². The number of nitrogens with one attached hydrogen (secondary N) is 1. The van der Waals surface area contributed by atoms with Crippen molar-refractivity contribution < 1.29 is 9.59 Å². The molecule has 2 aliphatic heterocycles. The number of nitrogens with zero attached hydrogens (tertiary/aromatic N) is 3. The van der Waals surface area contributed by atoms with Gasteiger partial charge in [0.05, 0.1) is 5.56 Å². The normalized spacial score (nSPS) is 24.0. The minimum atomic E-state index is 0.0552. The third kappa shape index (κ3) is 3.43. The molecule has 3 rings (SSSR count). The highest BCUT2D eigenvalue weighted by molar-refractivity contribution is 5.94. The predicted molar refractivity (Wildman–Crippen MR) is 91.6 cm³/mol. The Kier molecular flexibility index (Phi) is 5.14. The van der Waals surface area contributed by atoms with Crippen LogP contribution in [-0.2, 0) is 4.79 Å². The molecule has 1 aromatic rings. The number of aryl methyl sites for hydroxylation is 1. The van der Waals surface area contributed by atoms with Gasteiger partial charge in [-0.15, -0.1) is 0 Å². The van der Waals surface area contributed by atoms with E-state index in [1.54, 1.807) is 6.20 Å². The van der Waals surface area contributed by atoms with Gasteiger partial charge in [0.2, 0.25) is 5.91 Å². The van der Waals surface area contributed by atoms with Crippen LogP contribution in [-0.4, -0.2) is 65.9 Å². The minimum Gasteiger partial charge on any atom is -0.338 e. The topological polar surface area (TPSA) is 65.5 Å². The summed E-state index contributed by atoms with van der Waals surface area (Å²) in [5.74, 6) is 0.698. The molecule has 0 aromatic carbocycles. The molecule has 1 aromatic heterocycles. The number of likely N-dealkylation sites (N-methyl/N-ethyl adjacent to an activating group) is 1. The van der Waals surface area contributed by atoms with Crippen LogP contribution in [0, 0.1) is 12.8 Å². The molecule has 0 unspecified atom stereocenters. The summed E-state index contributed by atoms with van der Waals surface area (Å²) < 4.78 is 0. The third-order valence-corrected chi connectivity index (χ3v) is 5.19. The summed E-state index contributed by atoms with van der Waals surface area (Å²) in [6, 6.07) is 4.00. The molecule has 2 fully saturated rings. The summed E-state index contributed by atoms with van der Waals surface area (Å²) in [6.07, 6.45) is 4.01. The third-order valence-electron chi connectivity index (χ3n) is 5.19. The van der Waals surface area contributed by atoms with Crippen LogP contribution in [0.5, 0.6) is 0 Å². The fourth-order valence-electron chi connectivity index (χ4n) is 3.84. The minimum absolute atomic E-state index is 0.0552. The fourth-order valence-corrected chi connectivity index (χ4v) is 3.84. The molecule has 2 aliphatic rings. The van der Waals surface area contributed by atoms with Crippen LogP contribution in [0.3, 0.4) is 0 Å². The summed E-state index contributed by atoms with van der Waals surface area (Å²) in [7, 11) is 1.91. The smallest absolute Gasteiger partial charge is 0.255 e.